The third kappa shape index (κ3) is 4.39. The summed E-state index contributed by atoms with van der Waals surface area (Å²) in [7, 11) is 0. The Balaban J connectivity index is 1.47. The molecule has 0 spiro atoms. The van der Waals surface area contributed by atoms with Crippen molar-refractivity contribution in [3.05, 3.63) is 0 Å². The molecule has 4 nitrogen and oxygen atoms in total. The fourth-order valence-corrected chi connectivity index (χ4v) is 5.65. The molecule has 2 aliphatic carbocycles. The first-order chi connectivity index (χ1) is 11.0. The molecule has 2 saturated carbocycles. The summed E-state index contributed by atoms with van der Waals surface area (Å²) in [6, 6.07) is 0. The van der Waals surface area contributed by atoms with Gasteiger partial charge in [0.1, 0.15) is 0 Å². The number of unbranched alkanes of at least 4 members (excludes halogenated alkanes) is 3. The van der Waals surface area contributed by atoms with Crippen LogP contribution < -0.4 is 10.6 Å². The Morgan fingerprint density at radius 2 is 1.04 bits per heavy atom. The molecule has 138 valence electrons. The van der Waals surface area contributed by atoms with Gasteiger partial charge in [-0.05, 0) is 39.5 Å². The molecule has 2 aliphatic rings. The number of alkyl halides is 4. The van der Waals surface area contributed by atoms with E-state index in [2.05, 4.69) is 74.4 Å². The molecular weight excluding hydrogens is 572 g/mol. The van der Waals surface area contributed by atoms with Crippen molar-refractivity contribution >= 4 is 75.5 Å². The van der Waals surface area contributed by atoms with Crippen molar-refractivity contribution in [2.45, 2.75) is 58.8 Å². The van der Waals surface area contributed by atoms with Crippen LogP contribution in [0.25, 0.3) is 0 Å². The lowest BCUT2D eigenvalue weighted by molar-refractivity contribution is -0.126. The minimum absolute atomic E-state index is 0.106. The Hall–Kier alpha value is 0.860. The van der Waals surface area contributed by atoms with Crippen LogP contribution in [0.2, 0.25) is 0 Å². The predicted octanol–water partition coefficient (Wildman–Crippen LogP) is 4.57. The monoisotopic (exact) mass is 592 g/mol. The lowest BCUT2D eigenvalue weighted by Gasteiger charge is -2.13. The van der Waals surface area contributed by atoms with Crippen LogP contribution in [0.5, 0.6) is 0 Å². The van der Waals surface area contributed by atoms with Crippen molar-refractivity contribution < 1.29 is 9.59 Å². The van der Waals surface area contributed by atoms with Crippen molar-refractivity contribution in [3.63, 3.8) is 0 Å². The SMILES string of the molecule is C[C@]1(C(=O)NCCCCCCNC(=O)[C@@]2(C)CC2(Br)Br)CC1(Br)Br. The number of halogens is 4. The second-order valence-electron chi connectivity index (χ2n) is 7.35. The van der Waals surface area contributed by atoms with E-state index in [0.717, 1.165) is 38.5 Å². The van der Waals surface area contributed by atoms with Crippen LogP contribution in [0.4, 0.5) is 0 Å². The zero-order chi connectivity index (χ0) is 18.2. The van der Waals surface area contributed by atoms with Gasteiger partial charge in [-0.2, -0.15) is 0 Å². The molecule has 0 bridgehead atoms. The molecule has 0 unspecified atom stereocenters. The van der Waals surface area contributed by atoms with Gasteiger partial charge in [0.05, 0.1) is 17.3 Å². The van der Waals surface area contributed by atoms with Crippen molar-refractivity contribution in [2.24, 2.45) is 10.8 Å². The molecule has 24 heavy (non-hydrogen) atoms. The first-order valence-corrected chi connectivity index (χ1v) is 11.5. The van der Waals surface area contributed by atoms with E-state index in [-0.39, 0.29) is 29.1 Å². The van der Waals surface area contributed by atoms with Gasteiger partial charge in [0.2, 0.25) is 11.8 Å². The van der Waals surface area contributed by atoms with E-state index in [1.54, 1.807) is 0 Å². The molecule has 0 aliphatic heterocycles. The molecule has 2 fully saturated rings. The molecule has 0 aromatic rings. The van der Waals surface area contributed by atoms with Crippen LogP contribution in [0.1, 0.15) is 52.4 Å². The summed E-state index contributed by atoms with van der Waals surface area (Å²) in [4.78, 5) is 24.2. The maximum atomic E-state index is 12.1. The zero-order valence-corrected chi connectivity index (χ0v) is 20.3. The summed E-state index contributed by atoms with van der Waals surface area (Å²) in [5.74, 6) is 0.212. The topological polar surface area (TPSA) is 58.2 Å². The third-order valence-electron chi connectivity index (χ3n) is 5.19. The van der Waals surface area contributed by atoms with Gasteiger partial charge in [-0.15, -0.1) is 0 Å². The molecule has 0 aromatic heterocycles. The number of nitrogens with one attached hydrogen (secondary N) is 2. The van der Waals surface area contributed by atoms with E-state index in [0.29, 0.717) is 13.1 Å². The average Bonchev–Trinajstić information content (AvgIpc) is 3.21. The van der Waals surface area contributed by atoms with E-state index in [1.807, 2.05) is 13.8 Å². The smallest absolute Gasteiger partial charge is 0.228 e. The average molecular weight is 596 g/mol. The molecule has 0 heterocycles. The van der Waals surface area contributed by atoms with Crippen LogP contribution in [-0.4, -0.2) is 31.4 Å². The molecule has 2 amide bonds. The third-order valence-corrected chi connectivity index (χ3v) is 9.81. The zero-order valence-electron chi connectivity index (χ0n) is 14.0. The molecule has 0 radical (unpaired) electrons. The van der Waals surface area contributed by atoms with Crippen LogP contribution in [0.3, 0.4) is 0 Å². The molecule has 0 aromatic carbocycles. The van der Waals surface area contributed by atoms with E-state index >= 15 is 0 Å². The second-order valence-corrected chi connectivity index (χ2v) is 14.9. The Morgan fingerprint density at radius 3 is 1.29 bits per heavy atom. The fourth-order valence-electron chi connectivity index (χ4n) is 2.69. The van der Waals surface area contributed by atoms with E-state index in [9.17, 15) is 9.59 Å². The van der Waals surface area contributed by atoms with Gasteiger partial charge in [-0.25, -0.2) is 0 Å². The molecule has 0 saturated heterocycles. The highest BCUT2D eigenvalue weighted by Gasteiger charge is 2.67. The van der Waals surface area contributed by atoms with Crippen molar-refractivity contribution in [1.29, 1.82) is 0 Å². The van der Waals surface area contributed by atoms with E-state index in [4.69, 9.17) is 0 Å². The minimum Gasteiger partial charge on any atom is -0.356 e. The Labute approximate surface area is 177 Å². The van der Waals surface area contributed by atoms with Gasteiger partial charge >= 0.3 is 0 Å². The van der Waals surface area contributed by atoms with Gasteiger partial charge in [-0.3, -0.25) is 9.59 Å². The van der Waals surface area contributed by atoms with Gasteiger partial charge < -0.3 is 10.6 Å². The van der Waals surface area contributed by atoms with E-state index in [1.165, 1.54) is 0 Å². The summed E-state index contributed by atoms with van der Waals surface area (Å²) in [6.45, 7) is 5.35. The van der Waals surface area contributed by atoms with Crippen LogP contribution >= 0.6 is 63.7 Å². The van der Waals surface area contributed by atoms with Gasteiger partial charge in [-0.1, -0.05) is 76.6 Å². The summed E-state index contributed by atoms with van der Waals surface area (Å²) in [5.41, 5.74) is -0.674. The maximum absolute atomic E-state index is 12.1. The van der Waals surface area contributed by atoms with E-state index < -0.39 is 0 Å². The number of rotatable bonds is 9. The molecular formula is C16H24Br4N2O2. The number of carbonyl (C=O) groups is 2. The normalized spacial score (nSPS) is 32.1. The predicted molar refractivity (Wildman–Crippen MR) is 111 cm³/mol. The summed E-state index contributed by atoms with van der Waals surface area (Å²) in [6.07, 6.45) is 5.68. The van der Waals surface area contributed by atoms with Crippen LogP contribution in [0, 0.1) is 10.8 Å². The summed E-state index contributed by atoms with van der Waals surface area (Å²) < 4.78 is -0.454. The standard InChI is InChI=1S/C16H24Br4N2O2/c1-13(9-15(13,17)18)11(23)21-7-5-3-4-6-8-22-12(24)14(2)10-16(14,19)20/h3-10H2,1-2H3,(H,21,23)(H,22,24)/t13-,14-/m1/s1. The number of amides is 2. The number of carbonyl (C=O) groups excluding carboxylic acids is 2. The van der Waals surface area contributed by atoms with Crippen molar-refractivity contribution in [2.75, 3.05) is 13.1 Å². The lowest BCUT2D eigenvalue weighted by Crippen LogP contribution is -2.34. The summed E-state index contributed by atoms with van der Waals surface area (Å²) in [5, 5.41) is 6.02. The van der Waals surface area contributed by atoms with Crippen LogP contribution in [-0.2, 0) is 9.59 Å². The Bertz CT molecular complexity index is 480. The summed E-state index contributed by atoms with van der Waals surface area (Å²) >= 11 is 14.1. The highest BCUT2D eigenvalue weighted by atomic mass is 79.9. The van der Waals surface area contributed by atoms with Gasteiger partial charge in [0, 0.05) is 13.1 Å². The number of hydrogen-bond acceptors (Lipinski definition) is 2. The van der Waals surface area contributed by atoms with Gasteiger partial charge in [0.25, 0.3) is 0 Å². The Kier molecular flexibility index (Phi) is 6.59. The largest absolute Gasteiger partial charge is 0.356 e. The highest BCUT2D eigenvalue weighted by molar-refractivity contribution is 9.26. The maximum Gasteiger partial charge on any atom is 0.228 e. The first-order valence-electron chi connectivity index (χ1n) is 8.29. The van der Waals surface area contributed by atoms with Crippen molar-refractivity contribution in [1.82, 2.24) is 10.6 Å². The lowest BCUT2D eigenvalue weighted by atomic mass is 10.1. The van der Waals surface area contributed by atoms with Crippen LogP contribution in [0.15, 0.2) is 0 Å². The Morgan fingerprint density at radius 1 is 0.750 bits per heavy atom. The quantitative estimate of drug-likeness (QED) is 0.303. The fraction of sp³-hybridized carbons (Fsp3) is 0.875. The highest BCUT2D eigenvalue weighted by Crippen LogP contribution is 2.67. The van der Waals surface area contributed by atoms with Gasteiger partial charge in [0.15, 0.2) is 0 Å². The molecule has 2 atom stereocenters. The molecule has 8 heteroatoms. The minimum atomic E-state index is -0.337. The molecule has 2 N–H and O–H groups in total. The molecule has 2 rings (SSSR count). The first kappa shape index (κ1) is 21.2. The number of hydrogen-bond donors (Lipinski definition) is 2. The second kappa shape index (κ2) is 7.47. The van der Waals surface area contributed by atoms with Crippen molar-refractivity contribution in [3.8, 4) is 0 Å².